The fourth-order valence-electron chi connectivity index (χ4n) is 1.63. The summed E-state index contributed by atoms with van der Waals surface area (Å²) in [6, 6.07) is 0. The number of ether oxygens (including phenoxy) is 4. The maximum atomic E-state index is 5.46. The topological polar surface area (TPSA) is 49.0 Å². The number of unbranched alkanes of at least 4 members (excludes halogenated alkanes) is 3. The molecule has 0 atom stereocenters. The molecule has 0 aromatic carbocycles. The lowest BCUT2D eigenvalue weighted by atomic mass is 10.2. The van der Waals surface area contributed by atoms with Gasteiger partial charge in [-0.2, -0.15) is 0 Å². The van der Waals surface area contributed by atoms with Crippen LogP contribution in [0.5, 0.6) is 0 Å². The van der Waals surface area contributed by atoms with Crippen LogP contribution in [-0.2, 0) is 18.9 Å². The van der Waals surface area contributed by atoms with Gasteiger partial charge in [-0.05, 0) is 13.0 Å². The van der Waals surface area contributed by atoms with E-state index in [9.17, 15) is 0 Å². The molecular weight excluding hydrogens is 258 g/mol. The SMILES string of the molecule is CCCCCCNCCOCCOCCOCCOC. The fraction of sp³-hybridized carbons (Fsp3) is 1.00. The first-order valence-electron chi connectivity index (χ1n) is 7.84. The van der Waals surface area contributed by atoms with Crippen LogP contribution in [-0.4, -0.2) is 66.4 Å². The highest BCUT2D eigenvalue weighted by Gasteiger charge is 1.92. The monoisotopic (exact) mass is 291 g/mol. The van der Waals surface area contributed by atoms with Crippen LogP contribution in [0.1, 0.15) is 32.6 Å². The average molecular weight is 291 g/mol. The van der Waals surface area contributed by atoms with Gasteiger partial charge in [0.25, 0.3) is 0 Å². The largest absolute Gasteiger partial charge is 0.382 e. The van der Waals surface area contributed by atoms with E-state index in [1.807, 2.05) is 0 Å². The minimum atomic E-state index is 0.614. The molecule has 0 bridgehead atoms. The summed E-state index contributed by atoms with van der Waals surface area (Å²) >= 11 is 0. The van der Waals surface area contributed by atoms with E-state index < -0.39 is 0 Å². The summed E-state index contributed by atoms with van der Waals surface area (Å²) in [6.07, 6.45) is 5.22. The molecule has 0 amide bonds. The van der Waals surface area contributed by atoms with Crippen LogP contribution in [0.3, 0.4) is 0 Å². The Bertz CT molecular complexity index is 152. The number of methoxy groups -OCH3 is 1. The van der Waals surface area contributed by atoms with Gasteiger partial charge in [0, 0.05) is 13.7 Å². The maximum Gasteiger partial charge on any atom is 0.0701 e. The van der Waals surface area contributed by atoms with Crippen LogP contribution in [0, 0.1) is 0 Å². The number of hydrogen-bond acceptors (Lipinski definition) is 5. The molecule has 0 aliphatic rings. The Balaban J connectivity index is 2.89. The summed E-state index contributed by atoms with van der Waals surface area (Å²) in [4.78, 5) is 0. The van der Waals surface area contributed by atoms with Crippen LogP contribution in [0.2, 0.25) is 0 Å². The second kappa shape index (κ2) is 18.8. The van der Waals surface area contributed by atoms with Crippen molar-refractivity contribution in [3.63, 3.8) is 0 Å². The Morgan fingerprint density at radius 3 is 1.85 bits per heavy atom. The van der Waals surface area contributed by atoms with Crippen molar-refractivity contribution in [2.75, 3.05) is 66.4 Å². The molecule has 5 nitrogen and oxygen atoms in total. The first-order chi connectivity index (χ1) is 9.91. The molecule has 0 saturated carbocycles. The van der Waals surface area contributed by atoms with Crippen LogP contribution in [0.4, 0.5) is 0 Å². The number of rotatable bonds is 17. The Hall–Kier alpha value is -0.200. The van der Waals surface area contributed by atoms with Crippen molar-refractivity contribution in [1.82, 2.24) is 5.32 Å². The van der Waals surface area contributed by atoms with E-state index in [0.717, 1.165) is 19.7 Å². The van der Waals surface area contributed by atoms with Gasteiger partial charge in [0.1, 0.15) is 0 Å². The normalized spacial score (nSPS) is 11.1. The van der Waals surface area contributed by atoms with Gasteiger partial charge in [-0.3, -0.25) is 0 Å². The smallest absolute Gasteiger partial charge is 0.0701 e. The van der Waals surface area contributed by atoms with Crippen LogP contribution in [0.25, 0.3) is 0 Å². The van der Waals surface area contributed by atoms with Gasteiger partial charge in [0.15, 0.2) is 0 Å². The molecule has 0 aromatic rings. The average Bonchev–Trinajstić information content (AvgIpc) is 2.47. The highest BCUT2D eigenvalue weighted by Crippen LogP contribution is 1.96. The molecular formula is C15H33NO4. The Morgan fingerprint density at radius 2 is 1.25 bits per heavy atom. The zero-order chi connectivity index (χ0) is 14.7. The predicted octanol–water partition coefficient (Wildman–Crippen LogP) is 1.85. The molecule has 0 fully saturated rings. The summed E-state index contributed by atoms with van der Waals surface area (Å²) in [5.74, 6) is 0. The van der Waals surface area contributed by atoms with E-state index in [2.05, 4.69) is 12.2 Å². The van der Waals surface area contributed by atoms with Crippen LogP contribution >= 0.6 is 0 Å². The van der Waals surface area contributed by atoms with Gasteiger partial charge in [-0.1, -0.05) is 26.2 Å². The molecule has 0 rings (SSSR count). The summed E-state index contributed by atoms with van der Waals surface area (Å²) < 4.78 is 21.0. The van der Waals surface area contributed by atoms with Gasteiger partial charge in [0.05, 0.1) is 46.2 Å². The van der Waals surface area contributed by atoms with Gasteiger partial charge < -0.3 is 24.3 Å². The molecule has 0 aromatic heterocycles. The third-order valence-corrected chi connectivity index (χ3v) is 2.81. The number of nitrogens with one attached hydrogen (secondary N) is 1. The van der Waals surface area contributed by atoms with Crippen molar-refractivity contribution in [3.8, 4) is 0 Å². The van der Waals surface area contributed by atoms with Crippen molar-refractivity contribution >= 4 is 0 Å². The molecule has 0 aliphatic heterocycles. The second-order valence-corrected chi connectivity index (χ2v) is 4.64. The van der Waals surface area contributed by atoms with Crippen molar-refractivity contribution in [1.29, 1.82) is 0 Å². The van der Waals surface area contributed by atoms with E-state index in [4.69, 9.17) is 18.9 Å². The molecule has 5 heteroatoms. The van der Waals surface area contributed by atoms with E-state index in [1.165, 1.54) is 25.7 Å². The quantitative estimate of drug-likeness (QED) is 0.415. The molecule has 0 spiro atoms. The van der Waals surface area contributed by atoms with Gasteiger partial charge in [-0.15, -0.1) is 0 Å². The first kappa shape index (κ1) is 19.8. The molecule has 0 heterocycles. The van der Waals surface area contributed by atoms with Crippen LogP contribution < -0.4 is 5.32 Å². The number of hydrogen-bond donors (Lipinski definition) is 1. The molecule has 0 saturated heterocycles. The van der Waals surface area contributed by atoms with Crippen molar-refractivity contribution < 1.29 is 18.9 Å². The third kappa shape index (κ3) is 17.8. The Kier molecular flexibility index (Phi) is 18.6. The summed E-state index contributed by atoms with van der Waals surface area (Å²) in [7, 11) is 1.66. The minimum Gasteiger partial charge on any atom is -0.382 e. The summed E-state index contributed by atoms with van der Waals surface area (Å²) in [5, 5.41) is 3.38. The molecule has 0 unspecified atom stereocenters. The molecule has 122 valence electrons. The minimum absolute atomic E-state index is 0.614. The molecule has 1 N–H and O–H groups in total. The fourth-order valence-corrected chi connectivity index (χ4v) is 1.63. The van der Waals surface area contributed by atoms with Crippen molar-refractivity contribution in [2.45, 2.75) is 32.6 Å². The highest BCUT2D eigenvalue weighted by molar-refractivity contribution is 4.48. The predicted molar refractivity (Wildman–Crippen MR) is 81.3 cm³/mol. The van der Waals surface area contributed by atoms with Gasteiger partial charge >= 0.3 is 0 Å². The first-order valence-corrected chi connectivity index (χ1v) is 7.84. The summed E-state index contributed by atoms with van der Waals surface area (Å²) in [5.41, 5.74) is 0. The Morgan fingerprint density at radius 1 is 0.650 bits per heavy atom. The molecule has 20 heavy (non-hydrogen) atoms. The third-order valence-electron chi connectivity index (χ3n) is 2.81. The lowest BCUT2D eigenvalue weighted by molar-refractivity contribution is 0.00411. The standard InChI is InChI=1S/C15H33NO4/c1-3-4-5-6-7-16-8-9-18-12-13-20-15-14-19-11-10-17-2/h16H,3-15H2,1-2H3. The van der Waals surface area contributed by atoms with Crippen molar-refractivity contribution in [2.24, 2.45) is 0 Å². The van der Waals surface area contributed by atoms with Gasteiger partial charge in [-0.25, -0.2) is 0 Å². The lowest BCUT2D eigenvalue weighted by Gasteiger charge is -2.07. The molecule has 0 radical (unpaired) electrons. The lowest BCUT2D eigenvalue weighted by Crippen LogP contribution is -2.21. The zero-order valence-corrected chi connectivity index (χ0v) is 13.3. The van der Waals surface area contributed by atoms with E-state index in [1.54, 1.807) is 7.11 Å². The zero-order valence-electron chi connectivity index (χ0n) is 13.3. The maximum absolute atomic E-state index is 5.46. The molecule has 0 aliphatic carbocycles. The van der Waals surface area contributed by atoms with Crippen molar-refractivity contribution in [3.05, 3.63) is 0 Å². The van der Waals surface area contributed by atoms with E-state index in [0.29, 0.717) is 39.6 Å². The van der Waals surface area contributed by atoms with Gasteiger partial charge in [0.2, 0.25) is 0 Å². The van der Waals surface area contributed by atoms with E-state index in [-0.39, 0.29) is 0 Å². The summed E-state index contributed by atoms with van der Waals surface area (Å²) in [6.45, 7) is 8.77. The van der Waals surface area contributed by atoms with Crippen LogP contribution in [0.15, 0.2) is 0 Å². The highest BCUT2D eigenvalue weighted by atomic mass is 16.6. The second-order valence-electron chi connectivity index (χ2n) is 4.64. The van der Waals surface area contributed by atoms with E-state index >= 15 is 0 Å². The Labute approximate surface area is 124 Å².